The maximum atomic E-state index is 14.1. The zero-order chi connectivity index (χ0) is 20.8. The van der Waals surface area contributed by atoms with Crippen LogP contribution in [0, 0.1) is 5.82 Å². The summed E-state index contributed by atoms with van der Waals surface area (Å²) in [6.45, 7) is -0.553. The van der Waals surface area contributed by atoms with Gasteiger partial charge in [0, 0.05) is 23.1 Å². The van der Waals surface area contributed by atoms with Crippen LogP contribution in [0.1, 0.15) is 0 Å². The van der Waals surface area contributed by atoms with E-state index in [1.54, 1.807) is 42.5 Å². The third-order valence-corrected chi connectivity index (χ3v) is 4.04. The molecule has 0 amide bonds. The van der Waals surface area contributed by atoms with Crippen molar-refractivity contribution in [2.45, 2.75) is 6.10 Å². The lowest BCUT2D eigenvalue weighted by Gasteiger charge is -2.13. The quantitative estimate of drug-likeness (QED) is 0.353. The molecule has 8 nitrogen and oxygen atoms in total. The van der Waals surface area contributed by atoms with E-state index in [-0.39, 0.29) is 18.4 Å². The Balaban J connectivity index is 1.76. The van der Waals surface area contributed by atoms with Crippen LogP contribution in [0.5, 0.6) is 5.75 Å². The molecule has 1 heterocycles. The lowest BCUT2D eigenvalue weighted by molar-refractivity contribution is 0.0536. The number of aliphatic hydroxyl groups is 2. The molecule has 0 fully saturated rings. The van der Waals surface area contributed by atoms with Crippen LogP contribution < -0.4 is 21.1 Å². The van der Waals surface area contributed by atoms with E-state index in [4.69, 9.17) is 27.2 Å². The molecule has 3 rings (SSSR count). The van der Waals surface area contributed by atoms with Crippen LogP contribution in [-0.2, 0) is 0 Å². The zero-order valence-electron chi connectivity index (χ0n) is 15.1. The fourth-order valence-electron chi connectivity index (χ4n) is 2.33. The number of aromatic nitrogens is 2. The molecular weight excluding hydrogens is 401 g/mol. The summed E-state index contributed by atoms with van der Waals surface area (Å²) in [6, 6.07) is 11.7. The Morgan fingerprint density at radius 3 is 2.72 bits per heavy atom. The number of nitrogens with one attached hydrogen (secondary N) is 2. The standard InChI is InChI=1S/C19H19ClFN5O3/c20-15-5-4-13(7-17(15)29-10-14(28)9-27)25-19-23-8-16(21)18(26-19)24-12-3-1-2-11(22)6-12/h1-8,14,27-28H,9-10,22H2,(H2,23,24,25,26). The molecule has 0 aliphatic rings. The average Bonchev–Trinajstić information content (AvgIpc) is 2.70. The lowest BCUT2D eigenvalue weighted by atomic mass is 10.3. The highest BCUT2D eigenvalue weighted by atomic mass is 35.5. The summed E-state index contributed by atoms with van der Waals surface area (Å²) in [6.07, 6.45) is 0.0123. The van der Waals surface area contributed by atoms with E-state index in [0.29, 0.717) is 27.8 Å². The number of nitrogen functional groups attached to an aromatic ring is 1. The van der Waals surface area contributed by atoms with Crippen molar-refractivity contribution in [1.29, 1.82) is 0 Å². The molecule has 1 aromatic heterocycles. The van der Waals surface area contributed by atoms with Crippen molar-refractivity contribution in [2.24, 2.45) is 0 Å². The summed E-state index contributed by atoms with van der Waals surface area (Å²) in [4.78, 5) is 8.06. The fourth-order valence-corrected chi connectivity index (χ4v) is 2.50. The predicted molar refractivity (Wildman–Crippen MR) is 109 cm³/mol. The minimum absolute atomic E-state index is 0.0235. The minimum atomic E-state index is -1.02. The smallest absolute Gasteiger partial charge is 0.229 e. The summed E-state index contributed by atoms with van der Waals surface area (Å²) in [5.74, 6) is -0.216. The number of aliphatic hydroxyl groups excluding tert-OH is 2. The van der Waals surface area contributed by atoms with Crippen molar-refractivity contribution in [3.8, 4) is 5.75 Å². The first-order valence-electron chi connectivity index (χ1n) is 8.58. The van der Waals surface area contributed by atoms with Gasteiger partial charge in [-0.3, -0.25) is 0 Å². The molecule has 3 aromatic rings. The van der Waals surface area contributed by atoms with Gasteiger partial charge in [0.1, 0.15) is 18.5 Å². The normalized spacial score (nSPS) is 11.7. The largest absolute Gasteiger partial charge is 0.489 e. The van der Waals surface area contributed by atoms with Gasteiger partial charge < -0.3 is 31.3 Å². The molecule has 2 aromatic carbocycles. The van der Waals surface area contributed by atoms with E-state index in [1.165, 1.54) is 0 Å². The Morgan fingerprint density at radius 2 is 1.97 bits per heavy atom. The van der Waals surface area contributed by atoms with Crippen LogP contribution in [0.4, 0.5) is 33.2 Å². The van der Waals surface area contributed by atoms with Gasteiger partial charge in [-0.1, -0.05) is 17.7 Å². The highest BCUT2D eigenvalue weighted by Gasteiger charge is 2.11. The third-order valence-electron chi connectivity index (χ3n) is 3.72. The summed E-state index contributed by atoms with van der Waals surface area (Å²) < 4.78 is 19.5. The molecule has 1 atom stereocenters. The number of nitrogens with two attached hydrogens (primary N) is 1. The van der Waals surface area contributed by atoms with E-state index >= 15 is 0 Å². The topological polar surface area (TPSA) is 126 Å². The SMILES string of the molecule is Nc1cccc(Nc2nc(Nc3ccc(Cl)c(OCC(O)CO)c3)ncc2F)c1. The fraction of sp³-hybridized carbons (Fsp3) is 0.158. The number of rotatable bonds is 8. The first-order valence-corrected chi connectivity index (χ1v) is 8.96. The summed E-state index contributed by atoms with van der Waals surface area (Å²) in [7, 11) is 0. The van der Waals surface area contributed by atoms with Gasteiger partial charge in [-0.2, -0.15) is 4.98 Å². The van der Waals surface area contributed by atoms with Gasteiger partial charge in [-0.15, -0.1) is 0 Å². The Kier molecular flexibility index (Phi) is 6.65. The monoisotopic (exact) mass is 419 g/mol. The zero-order valence-corrected chi connectivity index (χ0v) is 15.9. The Bertz CT molecular complexity index is 992. The first-order chi connectivity index (χ1) is 13.9. The Morgan fingerprint density at radius 1 is 1.17 bits per heavy atom. The van der Waals surface area contributed by atoms with Crippen molar-refractivity contribution in [1.82, 2.24) is 9.97 Å². The number of hydrogen-bond acceptors (Lipinski definition) is 8. The highest BCUT2D eigenvalue weighted by Crippen LogP contribution is 2.29. The van der Waals surface area contributed by atoms with Crippen molar-refractivity contribution >= 4 is 40.4 Å². The molecule has 0 spiro atoms. The van der Waals surface area contributed by atoms with E-state index in [2.05, 4.69) is 20.6 Å². The predicted octanol–water partition coefficient (Wildman–Crippen LogP) is 3.07. The number of benzene rings is 2. The molecule has 0 aliphatic carbocycles. The molecule has 0 saturated carbocycles. The van der Waals surface area contributed by atoms with Crippen LogP contribution in [0.3, 0.4) is 0 Å². The molecule has 6 N–H and O–H groups in total. The molecule has 152 valence electrons. The third kappa shape index (κ3) is 5.67. The molecule has 29 heavy (non-hydrogen) atoms. The molecule has 0 aliphatic heterocycles. The number of nitrogens with zero attached hydrogens (tertiary/aromatic N) is 2. The second-order valence-corrected chi connectivity index (χ2v) is 6.47. The van der Waals surface area contributed by atoms with E-state index in [1.807, 2.05) is 0 Å². The van der Waals surface area contributed by atoms with Gasteiger partial charge in [0.25, 0.3) is 0 Å². The molecule has 1 unspecified atom stereocenters. The highest BCUT2D eigenvalue weighted by molar-refractivity contribution is 6.32. The van der Waals surface area contributed by atoms with Gasteiger partial charge in [0.15, 0.2) is 11.6 Å². The number of hydrogen-bond donors (Lipinski definition) is 5. The number of halogens is 2. The van der Waals surface area contributed by atoms with E-state index < -0.39 is 18.5 Å². The maximum Gasteiger partial charge on any atom is 0.229 e. The van der Waals surface area contributed by atoms with Crippen molar-refractivity contribution in [3.05, 3.63) is 59.5 Å². The van der Waals surface area contributed by atoms with Crippen LogP contribution in [0.25, 0.3) is 0 Å². The van der Waals surface area contributed by atoms with E-state index in [9.17, 15) is 9.50 Å². The van der Waals surface area contributed by atoms with Gasteiger partial charge in [0.2, 0.25) is 5.95 Å². The van der Waals surface area contributed by atoms with Crippen molar-refractivity contribution < 1.29 is 19.3 Å². The Hall–Kier alpha value is -3.14. The number of ether oxygens (including phenoxy) is 1. The Labute approximate surface area is 171 Å². The van der Waals surface area contributed by atoms with Crippen molar-refractivity contribution in [3.63, 3.8) is 0 Å². The molecule has 0 saturated heterocycles. The molecule has 10 heteroatoms. The minimum Gasteiger partial charge on any atom is -0.489 e. The second kappa shape index (κ2) is 9.37. The first kappa shape index (κ1) is 20.6. The van der Waals surface area contributed by atoms with Crippen LogP contribution in [0.15, 0.2) is 48.7 Å². The van der Waals surface area contributed by atoms with E-state index in [0.717, 1.165) is 6.20 Å². The average molecular weight is 420 g/mol. The summed E-state index contributed by atoms with van der Waals surface area (Å²) in [5, 5.41) is 24.4. The molecular formula is C19H19ClFN5O3. The van der Waals surface area contributed by atoms with Crippen LogP contribution >= 0.6 is 11.6 Å². The van der Waals surface area contributed by atoms with Crippen molar-refractivity contribution in [2.75, 3.05) is 29.6 Å². The van der Waals surface area contributed by atoms with Crippen LogP contribution in [-0.4, -0.2) is 39.5 Å². The molecule has 0 bridgehead atoms. The molecule has 0 radical (unpaired) electrons. The van der Waals surface area contributed by atoms with Gasteiger partial charge in [-0.05, 0) is 30.3 Å². The van der Waals surface area contributed by atoms with Gasteiger partial charge in [0.05, 0.1) is 17.8 Å². The van der Waals surface area contributed by atoms with Gasteiger partial charge in [-0.25, -0.2) is 9.37 Å². The summed E-state index contributed by atoms with van der Waals surface area (Å²) >= 11 is 6.08. The van der Waals surface area contributed by atoms with Crippen LogP contribution in [0.2, 0.25) is 5.02 Å². The van der Waals surface area contributed by atoms with Gasteiger partial charge >= 0.3 is 0 Å². The lowest BCUT2D eigenvalue weighted by Crippen LogP contribution is -2.21. The maximum absolute atomic E-state index is 14.1. The second-order valence-electron chi connectivity index (χ2n) is 6.06. The number of anilines is 5. The summed E-state index contributed by atoms with van der Waals surface area (Å²) in [5.41, 5.74) is 7.37.